The number of hydrogen-bond donors (Lipinski definition) is 0. The van der Waals surface area contributed by atoms with Crippen LogP contribution in [0.15, 0.2) is 71.3 Å². The van der Waals surface area contributed by atoms with Crippen LogP contribution in [0.4, 0.5) is 0 Å². The molecule has 1 aliphatic rings. The van der Waals surface area contributed by atoms with Gasteiger partial charge in [0.25, 0.3) is 0 Å². The third-order valence-electron chi connectivity index (χ3n) is 9.26. The molecule has 3 aromatic carbocycles. The smallest absolute Gasteiger partial charge is 1.00 e. The molecule has 4 rings (SSSR count). The van der Waals surface area contributed by atoms with E-state index in [0.29, 0.717) is 5.54 Å². The molecule has 0 nitrogen and oxygen atoms in total. The second-order valence-corrected chi connectivity index (χ2v) is 21.8. The zero-order chi connectivity index (χ0) is 29.6. The van der Waals surface area contributed by atoms with Crippen LogP contribution in [-0.4, -0.2) is 17.6 Å². The molecular weight excluding hydrogens is 655 g/mol. The predicted molar refractivity (Wildman–Crippen MR) is 180 cm³/mol. The van der Waals surface area contributed by atoms with E-state index in [1.165, 1.54) is 50.1 Å². The number of allylic oxidation sites excluding steroid dienone is 4. The molecule has 0 saturated carbocycles. The van der Waals surface area contributed by atoms with E-state index >= 15 is 0 Å². The van der Waals surface area contributed by atoms with Crippen molar-refractivity contribution in [2.45, 2.75) is 97.1 Å². The number of halogens is 3. The molecule has 0 aliphatic heterocycles. The molecule has 230 valence electrons. The van der Waals surface area contributed by atoms with Crippen LogP contribution in [0.5, 0.6) is 0 Å². The number of rotatable bonds is 8. The van der Waals surface area contributed by atoms with E-state index in [1.807, 2.05) is 0 Å². The molecule has 6 heteroatoms. The quantitative estimate of drug-likeness (QED) is 0.274. The standard InChI is InChI=1S/C37H49Si2.3ClH.Ti/c1-12-29-19-30(13-2)21-31(20-29)35-27(7)26(6)28(8)36(35)37(32-15-23(3)14-24(4)16-32)38-33-17-25(5)18-34(22-33)39(9,10)11;;;;/h14-22,37H,12-13,38H2,1-11H3;3*1H;/q;;;;+3/p-3. The monoisotopic (exact) mass is 702 g/mol. The second-order valence-electron chi connectivity index (χ2n) is 13.4. The summed E-state index contributed by atoms with van der Waals surface area (Å²) in [5.41, 5.74) is 16.7. The summed E-state index contributed by atoms with van der Waals surface area (Å²) >= 11 is 2.59. The van der Waals surface area contributed by atoms with E-state index in [2.05, 4.69) is 150 Å². The molecule has 0 N–H and O–H groups in total. The summed E-state index contributed by atoms with van der Waals surface area (Å²) < 4.78 is -0.0406. The summed E-state index contributed by atoms with van der Waals surface area (Å²) in [6, 6.07) is 22.3. The minimum absolute atomic E-state index is 0. The maximum atomic E-state index is 2.61. The van der Waals surface area contributed by atoms with Gasteiger partial charge in [0, 0.05) is 0 Å². The van der Waals surface area contributed by atoms with Gasteiger partial charge in [0.2, 0.25) is 0 Å². The minimum Gasteiger partial charge on any atom is -1.00 e. The average Bonchev–Trinajstić information content (AvgIpc) is 3.05. The molecule has 0 spiro atoms. The van der Waals surface area contributed by atoms with Crippen molar-refractivity contribution in [2.75, 3.05) is 0 Å². The summed E-state index contributed by atoms with van der Waals surface area (Å²) in [6.07, 6.45) is 2.15. The van der Waals surface area contributed by atoms with Crippen molar-refractivity contribution < 1.29 is 57.7 Å². The van der Waals surface area contributed by atoms with Crippen molar-refractivity contribution in [2.24, 2.45) is 0 Å². The Morgan fingerprint density at radius 2 is 1.19 bits per heavy atom. The summed E-state index contributed by atoms with van der Waals surface area (Å²) in [6.45, 7) is 26.1. The molecule has 0 radical (unpaired) electrons. The topological polar surface area (TPSA) is 0 Å². The molecular formula is C37H49Cl3Si2Ti. The van der Waals surface area contributed by atoms with E-state index < -0.39 is 17.6 Å². The number of benzene rings is 3. The molecule has 43 heavy (non-hydrogen) atoms. The van der Waals surface area contributed by atoms with Crippen molar-refractivity contribution in [3.05, 3.63) is 110 Å². The van der Waals surface area contributed by atoms with Gasteiger partial charge in [0.15, 0.2) is 0 Å². The number of hydrogen-bond acceptors (Lipinski definition) is 0. The normalized spacial score (nSPS) is 17.6. The fourth-order valence-corrected chi connectivity index (χ4v) is 12.4. The third-order valence-corrected chi connectivity index (χ3v) is 15.8. The van der Waals surface area contributed by atoms with Gasteiger partial charge in [-0.15, -0.1) is 0 Å². The fourth-order valence-electron chi connectivity index (χ4n) is 6.82. The van der Waals surface area contributed by atoms with Crippen LogP contribution in [-0.2, 0) is 33.3 Å². The van der Waals surface area contributed by atoms with Crippen LogP contribution in [0.25, 0.3) is 5.57 Å². The largest absolute Gasteiger partial charge is 1.00 e. The van der Waals surface area contributed by atoms with Gasteiger partial charge in [-0.3, -0.25) is 0 Å². The van der Waals surface area contributed by atoms with E-state index in [1.54, 1.807) is 21.5 Å². The molecule has 0 aromatic heterocycles. The van der Waals surface area contributed by atoms with Gasteiger partial charge in [0.1, 0.15) is 0 Å². The zero-order valence-electron chi connectivity index (χ0n) is 28.0. The van der Waals surface area contributed by atoms with Crippen LogP contribution in [0, 0.1) is 20.8 Å². The average molecular weight is 704 g/mol. The van der Waals surface area contributed by atoms with Crippen molar-refractivity contribution in [1.29, 1.82) is 0 Å². The SMILES string of the molecule is CCc1cc(CC)cc(C2=C(C)C(C)=C(C)[C]2([Ti+3])C([SiH2]c2cc(C)cc([Si](C)(C)C)c2)c2cc(C)cc(C)c2)c1.[Cl-].[Cl-].[Cl-]. The first kappa shape index (κ1) is 40.2. The van der Waals surface area contributed by atoms with Crippen LogP contribution in [0.1, 0.15) is 79.1 Å². The molecule has 3 aromatic rings. The third kappa shape index (κ3) is 8.31. The van der Waals surface area contributed by atoms with E-state index in [9.17, 15) is 0 Å². The Labute approximate surface area is 296 Å². The number of aryl methyl sites for hydroxylation is 5. The molecule has 2 unspecified atom stereocenters. The van der Waals surface area contributed by atoms with Gasteiger partial charge in [-0.1, -0.05) is 0 Å². The molecule has 0 fully saturated rings. The van der Waals surface area contributed by atoms with Gasteiger partial charge in [-0.05, 0) is 0 Å². The molecule has 0 saturated heterocycles. The van der Waals surface area contributed by atoms with E-state index in [0.717, 1.165) is 12.8 Å². The first-order chi connectivity index (χ1) is 18.7. The molecule has 0 bridgehead atoms. The summed E-state index contributed by atoms with van der Waals surface area (Å²) in [4.78, 5) is 0. The molecule has 1 aliphatic carbocycles. The molecule has 2 atom stereocenters. The summed E-state index contributed by atoms with van der Waals surface area (Å²) in [5.74, 6) is 0. The molecule has 0 heterocycles. The van der Waals surface area contributed by atoms with Crippen LogP contribution in [0.2, 0.25) is 23.4 Å². The summed E-state index contributed by atoms with van der Waals surface area (Å²) in [7, 11) is -2.12. The predicted octanol–water partition coefficient (Wildman–Crippen LogP) is -0.642. The van der Waals surface area contributed by atoms with Gasteiger partial charge < -0.3 is 37.2 Å². The maximum Gasteiger partial charge on any atom is -1.00 e. The van der Waals surface area contributed by atoms with Gasteiger partial charge in [-0.2, -0.15) is 0 Å². The van der Waals surface area contributed by atoms with Crippen molar-refractivity contribution in [1.82, 2.24) is 0 Å². The first-order valence-corrected chi connectivity index (χ1v) is 21.0. The van der Waals surface area contributed by atoms with E-state index in [-0.39, 0.29) is 40.9 Å². The summed E-state index contributed by atoms with van der Waals surface area (Å²) in [5, 5.41) is 3.22. The van der Waals surface area contributed by atoms with Crippen LogP contribution < -0.4 is 47.6 Å². The van der Waals surface area contributed by atoms with Gasteiger partial charge >= 0.3 is 261 Å². The fraction of sp³-hybridized carbons (Fsp3) is 0.405. The Balaban J connectivity index is 0.00000308. The van der Waals surface area contributed by atoms with Crippen molar-refractivity contribution >= 4 is 33.5 Å². The molecule has 0 amide bonds. The first-order valence-electron chi connectivity index (χ1n) is 15.2. The van der Waals surface area contributed by atoms with Crippen LogP contribution in [0.3, 0.4) is 0 Å². The Kier molecular flexibility index (Phi) is 14.6. The Morgan fingerprint density at radius 1 is 0.674 bits per heavy atom. The van der Waals surface area contributed by atoms with Gasteiger partial charge in [0.05, 0.1) is 0 Å². The van der Waals surface area contributed by atoms with Gasteiger partial charge in [-0.25, -0.2) is 0 Å². The maximum absolute atomic E-state index is 2.61. The van der Waals surface area contributed by atoms with Crippen molar-refractivity contribution in [3.63, 3.8) is 0 Å². The van der Waals surface area contributed by atoms with Crippen molar-refractivity contribution in [3.8, 4) is 0 Å². The zero-order valence-corrected chi connectivity index (χ0v) is 34.3. The minimum atomic E-state index is -1.41. The second kappa shape index (κ2) is 15.6. The Bertz CT molecular complexity index is 1470. The Morgan fingerprint density at radius 3 is 1.67 bits per heavy atom. The van der Waals surface area contributed by atoms with E-state index in [4.69, 9.17) is 0 Å². The van der Waals surface area contributed by atoms with Crippen LogP contribution >= 0.6 is 0 Å². The Hall–Kier alpha value is -0.842.